The van der Waals surface area contributed by atoms with Gasteiger partial charge in [0.1, 0.15) is 5.54 Å². The second kappa shape index (κ2) is 11.9. The van der Waals surface area contributed by atoms with E-state index in [2.05, 4.69) is 29.6 Å². The van der Waals surface area contributed by atoms with Crippen LogP contribution in [0.4, 0.5) is 0 Å². The van der Waals surface area contributed by atoms with E-state index >= 15 is 0 Å². The number of carbonyl (C=O) groups is 2. The lowest BCUT2D eigenvalue weighted by Crippen LogP contribution is -2.55. The molecule has 0 atom stereocenters. The smallest absolute Gasteiger partial charge is 0.329 e. The number of carboxylic acids is 1. The first kappa shape index (κ1) is 27.9. The van der Waals surface area contributed by atoms with E-state index in [0.717, 1.165) is 60.0 Å². The number of hydrogen-bond donors (Lipinski definition) is 2. The zero-order valence-electron chi connectivity index (χ0n) is 24.1. The normalized spacial score (nSPS) is 16.2. The maximum absolute atomic E-state index is 13.4. The molecular weight excluding hydrogens is 526 g/mol. The Balaban J connectivity index is 1.18. The van der Waals surface area contributed by atoms with Crippen LogP contribution in [0.15, 0.2) is 78.4 Å². The number of rotatable bonds is 10. The minimum absolute atomic E-state index is 0.0664. The molecule has 0 bridgehead atoms. The monoisotopic (exact) mass is 563 g/mol. The number of carboxylic acid groups (broad SMARTS) is 1. The van der Waals surface area contributed by atoms with Crippen molar-refractivity contribution in [3.05, 3.63) is 106 Å². The number of ether oxygens (including phenoxy) is 1. The molecule has 0 unspecified atom stereocenters. The van der Waals surface area contributed by atoms with Crippen molar-refractivity contribution in [3.8, 4) is 0 Å². The number of allylic oxidation sites excluding steroid dienone is 1. The number of nitrogens with one attached hydrogen (secondary N) is 1. The second-order valence-corrected chi connectivity index (χ2v) is 11.5. The van der Waals surface area contributed by atoms with Crippen LogP contribution in [-0.4, -0.2) is 45.2 Å². The second-order valence-electron chi connectivity index (χ2n) is 11.5. The van der Waals surface area contributed by atoms with Gasteiger partial charge in [0, 0.05) is 43.9 Å². The predicted molar refractivity (Wildman–Crippen MR) is 163 cm³/mol. The third-order valence-corrected chi connectivity index (χ3v) is 8.69. The van der Waals surface area contributed by atoms with Gasteiger partial charge in [0.15, 0.2) is 5.82 Å². The van der Waals surface area contributed by atoms with Gasteiger partial charge in [0.25, 0.3) is 0 Å². The summed E-state index contributed by atoms with van der Waals surface area (Å²) in [4.78, 5) is 30.5. The molecule has 7 heteroatoms. The summed E-state index contributed by atoms with van der Waals surface area (Å²) in [5.74, 6) is -0.408. The first-order valence-electron chi connectivity index (χ1n) is 14.9. The molecule has 0 amide bonds. The Hall–Kier alpha value is -4.23. The summed E-state index contributed by atoms with van der Waals surface area (Å²) >= 11 is 0. The topological polar surface area (TPSA) is 93.5 Å². The SMILES string of the molecule is Cc1ccc(C(=O)c2nc3ccccc3n2CCCc2ccc(C(NC3(C(=O)O)CCOCC3)=C3CCC3)cc2)cc1. The lowest BCUT2D eigenvalue weighted by molar-refractivity contribution is -0.148. The van der Waals surface area contributed by atoms with Crippen molar-refractivity contribution in [1.29, 1.82) is 0 Å². The first-order valence-corrected chi connectivity index (χ1v) is 14.9. The minimum Gasteiger partial charge on any atom is -0.480 e. The van der Waals surface area contributed by atoms with Gasteiger partial charge in [-0.2, -0.15) is 0 Å². The van der Waals surface area contributed by atoms with Crippen molar-refractivity contribution in [2.24, 2.45) is 0 Å². The number of imidazole rings is 1. The summed E-state index contributed by atoms with van der Waals surface area (Å²) in [5, 5.41) is 13.6. The lowest BCUT2D eigenvalue weighted by atomic mass is 9.84. The van der Waals surface area contributed by atoms with E-state index in [1.165, 1.54) is 11.1 Å². The van der Waals surface area contributed by atoms with E-state index in [-0.39, 0.29) is 5.78 Å². The number of hydrogen-bond acceptors (Lipinski definition) is 5. The van der Waals surface area contributed by atoms with Gasteiger partial charge in [-0.25, -0.2) is 9.78 Å². The van der Waals surface area contributed by atoms with E-state index in [1.54, 1.807) is 0 Å². The van der Waals surface area contributed by atoms with Gasteiger partial charge < -0.3 is 19.7 Å². The highest BCUT2D eigenvalue weighted by atomic mass is 16.5. The van der Waals surface area contributed by atoms with Gasteiger partial charge >= 0.3 is 5.97 Å². The van der Waals surface area contributed by atoms with Gasteiger partial charge in [0.2, 0.25) is 5.78 Å². The Morgan fingerprint density at radius 1 is 0.952 bits per heavy atom. The highest BCUT2D eigenvalue weighted by Crippen LogP contribution is 2.35. The van der Waals surface area contributed by atoms with Crippen LogP contribution >= 0.6 is 0 Å². The van der Waals surface area contributed by atoms with E-state index < -0.39 is 11.5 Å². The molecule has 2 N–H and O–H groups in total. The summed E-state index contributed by atoms with van der Waals surface area (Å²) in [7, 11) is 0. The van der Waals surface area contributed by atoms with Crippen molar-refractivity contribution in [2.45, 2.75) is 64.0 Å². The Bertz CT molecular complexity index is 1620. The minimum atomic E-state index is -0.990. The van der Waals surface area contributed by atoms with Crippen LogP contribution in [0.3, 0.4) is 0 Å². The van der Waals surface area contributed by atoms with Crippen LogP contribution in [0.1, 0.15) is 71.4 Å². The number of fused-ring (bicyclic) bond motifs is 1. The zero-order chi connectivity index (χ0) is 29.1. The molecule has 7 nitrogen and oxygen atoms in total. The number of carbonyl (C=O) groups excluding carboxylic acids is 1. The lowest BCUT2D eigenvalue weighted by Gasteiger charge is -2.37. The number of para-hydroxylation sites is 2. The number of aromatic nitrogens is 2. The Morgan fingerprint density at radius 3 is 2.31 bits per heavy atom. The van der Waals surface area contributed by atoms with E-state index in [0.29, 0.717) is 44.0 Å². The molecule has 42 heavy (non-hydrogen) atoms. The molecule has 1 aromatic heterocycles. The fourth-order valence-electron chi connectivity index (χ4n) is 5.91. The first-order chi connectivity index (χ1) is 20.4. The average Bonchev–Trinajstić information content (AvgIpc) is 3.35. The molecule has 2 heterocycles. The molecule has 1 aliphatic heterocycles. The largest absolute Gasteiger partial charge is 0.480 e. The number of ketones is 1. The molecule has 0 spiro atoms. The highest BCUT2D eigenvalue weighted by Gasteiger charge is 2.41. The summed E-state index contributed by atoms with van der Waals surface area (Å²) in [6.45, 7) is 3.59. The van der Waals surface area contributed by atoms with Crippen molar-refractivity contribution >= 4 is 28.5 Å². The zero-order valence-corrected chi connectivity index (χ0v) is 24.1. The Morgan fingerprint density at radius 2 is 1.64 bits per heavy atom. The van der Waals surface area contributed by atoms with Crippen molar-refractivity contribution in [2.75, 3.05) is 13.2 Å². The molecule has 6 rings (SSSR count). The number of benzene rings is 3. The van der Waals surface area contributed by atoms with Crippen LogP contribution in [0.25, 0.3) is 16.7 Å². The maximum Gasteiger partial charge on any atom is 0.329 e. The van der Waals surface area contributed by atoms with Gasteiger partial charge in [-0.05, 0) is 67.9 Å². The summed E-state index contributed by atoms with van der Waals surface area (Å²) in [5.41, 5.74) is 7.06. The van der Waals surface area contributed by atoms with Crippen LogP contribution in [0, 0.1) is 6.92 Å². The van der Waals surface area contributed by atoms with E-state index in [4.69, 9.17) is 9.72 Å². The third kappa shape index (κ3) is 5.61. The molecule has 3 aromatic carbocycles. The van der Waals surface area contributed by atoms with Gasteiger partial charge in [-0.15, -0.1) is 0 Å². The summed E-state index contributed by atoms with van der Waals surface area (Å²) in [6, 6.07) is 24.0. The molecule has 2 fully saturated rings. The number of aryl methyl sites for hydroxylation is 3. The molecule has 216 valence electrons. The van der Waals surface area contributed by atoms with Gasteiger partial charge in [0.05, 0.1) is 11.0 Å². The molecule has 1 saturated carbocycles. The van der Waals surface area contributed by atoms with Gasteiger partial charge in [-0.3, -0.25) is 4.79 Å². The molecule has 1 saturated heterocycles. The maximum atomic E-state index is 13.4. The number of nitrogens with zero attached hydrogens (tertiary/aromatic N) is 2. The average molecular weight is 564 g/mol. The van der Waals surface area contributed by atoms with E-state index in [9.17, 15) is 14.7 Å². The Labute approximate surface area is 246 Å². The van der Waals surface area contributed by atoms with Crippen LogP contribution in [0.2, 0.25) is 0 Å². The summed E-state index contributed by atoms with van der Waals surface area (Å²) < 4.78 is 7.52. The molecule has 2 aliphatic rings. The Kier molecular flexibility index (Phi) is 7.94. The quantitative estimate of drug-likeness (QED) is 0.219. The molecule has 0 radical (unpaired) electrons. The molecule has 4 aromatic rings. The van der Waals surface area contributed by atoms with Crippen LogP contribution in [0.5, 0.6) is 0 Å². The van der Waals surface area contributed by atoms with Crippen molar-refractivity contribution < 1.29 is 19.4 Å². The number of aliphatic carboxylic acids is 1. The molecule has 1 aliphatic carbocycles. The molecular formula is C35H37N3O4. The third-order valence-electron chi connectivity index (χ3n) is 8.69. The van der Waals surface area contributed by atoms with E-state index in [1.807, 2.05) is 60.0 Å². The van der Waals surface area contributed by atoms with Crippen LogP contribution in [-0.2, 0) is 22.5 Å². The van der Waals surface area contributed by atoms with Crippen molar-refractivity contribution in [1.82, 2.24) is 14.9 Å². The highest BCUT2D eigenvalue weighted by molar-refractivity contribution is 6.08. The summed E-state index contributed by atoms with van der Waals surface area (Å²) in [6.07, 6.45) is 5.74. The fraction of sp³-hybridized carbons (Fsp3) is 0.343. The standard InChI is InChI=1S/C35H37N3O4/c1-24-11-15-28(16-12-24)32(39)33-36-29-9-2-3-10-30(29)38(33)21-5-6-25-13-17-27(18-14-25)31(26-7-4-8-26)37-35(34(40)41)19-22-42-23-20-35/h2-3,9-18,37H,4-8,19-23H2,1H3,(H,40,41). The predicted octanol–water partition coefficient (Wildman–Crippen LogP) is 6.33. The fourth-order valence-corrected chi connectivity index (χ4v) is 5.91. The van der Waals surface area contributed by atoms with Crippen LogP contribution < -0.4 is 5.32 Å². The van der Waals surface area contributed by atoms with Crippen molar-refractivity contribution in [3.63, 3.8) is 0 Å². The van der Waals surface area contributed by atoms with Gasteiger partial charge in [-0.1, -0.05) is 66.2 Å².